The molecule has 0 bridgehead atoms. The standard InChI is InChI=1S/C10H7.Cr/c1-2-5-9-7-4-8-10(9)6-3-1;/h1-7H;. The van der Waals surface area contributed by atoms with Crippen LogP contribution in [0.3, 0.4) is 0 Å². The van der Waals surface area contributed by atoms with Crippen molar-refractivity contribution in [2.45, 2.75) is 0 Å². The third-order valence-electron chi connectivity index (χ3n) is 1.75. The van der Waals surface area contributed by atoms with Crippen molar-refractivity contribution in [3.63, 3.8) is 0 Å². The summed E-state index contributed by atoms with van der Waals surface area (Å²) in [5.74, 6) is 0. The summed E-state index contributed by atoms with van der Waals surface area (Å²) in [4.78, 5) is 0. The van der Waals surface area contributed by atoms with Gasteiger partial charge in [-0.2, -0.15) is 0 Å². The van der Waals surface area contributed by atoms with Gasteiger partial charge in [0.25, 0.3) is 0 Å². The van der Waals surface area contributed by atoms with E-state index >= 15 is 0 Å². The fraction of sp³-hybridized carbons (Fsp3) is 0. The summed E-state index contributed by atoms with van der Waals surface area (Å²) in [5.41, 5.74) is 2.60. The molecule has 11 heavy (non-hydrogen) atoms. The van der Waals surface area contributed by atoms with Crippen LogP contribution in [0.15, 0.2) is 42.5 Å². The molecule has 0 aliphatic heterocycles. The Morgan fingerprint density at radius 3 is 2.55 bits per heavy atom. The predicted molar refractivity (Wildman–Crippen MR) is 42.7 cm³/mol. The van der Waals surface area contributed by atoms with E-state index in [0.717, 1.165) is 0 Å². The van der Waals surface area contributed by atoms with Crippen LogP contribution in [0.5, 0.6) is 0 Å². The van der Waals surface area contributed by atoms with E-state index in [1.54, 1.807) is 0 Å². The van der Waals surface area contributed by atoms with Crippen LogP contribution in [0.1, 0.15) is 0 Å². The molecule has 0 saturated carbocycles. The zero-order chi connectivity index (χ0) is 7.68. The van der Waals surface area contributed by atoms with Gasteiger partial charge in [0.1, 0.15) is 0 Å². The van der Waals surface area contributed by atoms with Crippen molar-refractivity contribution in [1.29, 1.82) is 0 Å². The van der Waals surface area contributed by atoms with Crippen LogP contribution in [0.2, 0.25) is 0 Å². The predicted octanol–water partition coefficient (Wildman–Crippen LogP) is 1.96. The van der Waals surface area contributed by atoms with Crippen molar-refractivity contribution in [1.82, 2.24) is 0 Å². The van der Waals surface area contributed by atoms with Gasteiger partial charge in [-0.3, -0.25) is 0 Å². The fourth-order valence-corrected chi connectivity index (χ4v) is 1.58. The molecule has 0 amide bonds. The molecule has 0 unspecified atom stereocenters. The molecule has 0 saturated heterocycles. The van der Waals surface area contributed by atoms with Gasteiger partial charge in [0.2, 0.25) is 0 Å². The van der Waals surface area contributed by atoms with Gasteiger partial charge in [-0.25, -0.2) is 0 Å². The van der Waals surface area contributed by atoms with Gasteiger partial charge in [0, 0.05) is 0 Å². The maximum absolute atomic E-state index is 3.04. The molecule has 0 N–H and O–H groups in total. The maximum atomic E-state index is 3.04. The summed E-state index contributed by atoms with van der Waals surface area (Å²) in [5, 5.41) is 0. The third kappa shape index (κ3) is 1.18. The second kappa shape index (κ2) is 2.70. The molecule has 53 valence electrons. The molecule has 0 aromatic rings. The average Bonchev–Trinajstić information content (AvgIpc) is 2.25. The van der Waals surface area contributed by atoms with Crippen molar-refractivity contribution in [2.75, 3.05) is 0 Å². The number of fused-ring (bicyclic) bond motifs is 1. The molecule has 0 aromatic carbocycles. The first-order chi connectivity index (χ1) is 5.38. The van der Waals surface area contributed by atoms with Crippen molar-refractivity contribution < 1.29 is 16.3 Å². The van der Waals surface area contributed by atoms with E-state index in [1.165, 1.54) is 15.6 Å². The molecule has 1 heteroatoms. The Kier molecular flexibility index (Phi) is 1.69. The summed E-state index contributed by atoms with van der Waals surface area (Å²) >= 11 is 3.04. The van der Waals surface area contributed by atoms with Crippen LogP contribution in [0.25, 0.3) is 11.1 Å². The number of hydrogen-bond acceptors (Lipinski definition) is 0. The Morgan fingerprint density at radius 2 is 1.64 bits per heavy atom. The van der Waals surface area contributed by atoms with E-state index in [9.17, 15) is 0 Å². The molecule has 2 aliphatic rings. The van der Waals surface area contributed by atoms with E-state index < -0.39 is 0 Å². The molecule has 0 fully saturated rings. The van der Waals surface area contributed by atoms with Crippen LogP contribution in [0.4, 0.5) is 0 Å². The first-order valence-electron chi connectivity index (χ1n) is 3.53. The van der Waals surface area contributed by atoms with Gasteiger partial charge in [0.15, 0.2) is 0 Å². The van der Waals surface area contributed by atoms with Crippen LogP contribution in [-0.4, -0.2) is 0 Å². The second-order valence-corrected chi connectivity index (χ2v) is 3.16. The van der Waals surface area contributed by atoms with Crippen molar-refractivity contribution in [3.05, 3.63) is 42.5 Å². The molecule has 0 aromatic heterocycles. The summed E-state index contributed by atoms with van der Waals surface area (Å²) in [7, 11) is 0. The summed E-state index contributed by atoms with van der Waals surface area (Å²) in [6.45, 7) is 0. The number of rotatable bonds is 0. The third-order valence-corrected chi connectivity index (χ3v) is 2.31. The first kappa shape index (κ1) is 6.91. The van der Waals surface area contributed by atoms with Gasteiger partial charge < -0.3 is 0 Å². The SMILES string of the molecule is [Cr][c]1ccc2cccccc1-2. The van der Waals surface area contributed by atoms with E-state index in [1.807, 2.05) is 6.07 Å². The molecule has 0 nitrogen and oxygen atoms in total. The molecule has 2 rings (SSSR count). The molecule has 2 aliphatic carbocycles. The van der Waals surface area contributed by atoms with E-state index in [-0.39, 0.29) is 0 Å². The molecule has 0 radical (unpaired) electrons. The second-order valence-electron chi connectivity index (χ2n) is 2.48. The molecule has 0 spiro atoms. The zero-order valence-corrected chi connectivity index (χ0v) is 7.22. The molecule has 0 atom stereocenters. The Morgan fingerprint density at radius 1 is 0.818 bits per heavy atom. The zero-order valence-electron chi connectivity index (χ0n) is 5.95. The van der Waals surface area contributed by atoms with E-state index in [2.05, 4.69) is 52.7 Å². The van der Waals surface area contributed by atoms with Crippen molar-refractivity contribution >= 4 is 4.43 Å². The van der Waals surface area contributed by atoms with Gasteiger partial charge in [-0.05, 0) is 0 Å². The molecule has 0 heterocycles. The van der Waals surface area contributed by atoms with Crippen LogP contribution in [0, 0.1) is 0 Å². The fourth-order valence-electron chi connectivity index (χ4n) is 1.19. The van der Waals surface area contributed by atoms with Gasteiger partial charge in [-0.15, -0.1) is 0 Å². The van der Waals surface area contributed by atoms with Gasteiger partial charge in [0.05, 0.1) is 0 Å². The Bertz CT molecular complexity index is 341. The quantitative estimate of drug-likeness (QED) is 0.580. The number of hydrogen-bond donors (Lipinski definition) is 0. The Hall–Kier alpha value is -0.768. The van der Waals surface area contributed by atoms with Gasteiger partial charge in [-0.1, -0.05) is 0 Å². The van der Waals surface area contributed by atoms with Crippen molar-refractivity contribution in [2.24, 2.45) is 0 Å². The minimum atomic E-state index is 1.23. The van der Waals surface area contributed by atoms with E-state index in [4.69, 9.17) is 0 Å². The molecular weight excluding hydrogens is 172 g/mol. The van der Waals surface area contributed by atoms with Crippen LogP contribution >= 0.6 is 0 Å². The van der Waals surface area contributed by atoms with Gasteiger partial charge >= 0.3 is 74.3 Å². The monoisotopic (exact) mass is 179 g/mol. The summed E-state index contributed by atoms with van der Waals surface area (Å²) in [6, 6.07) is 14.6. The first-order valence-corrected chi connectivity index (χ1v) is 4.16. The summed E-state index contributed by atoms with van der Waals surface area (Å²) < 4.78 is 1.23. The van der Waals surface area contributed by atoms with Crippen LogP contribution in [-0.2, 0) is 16.3 Å². The Labute approximate surface area is 74.6 Å². The van der Waals surface area contributed by atoms with Crippen molar-refractivity contribution in [3.8, 4) is 11.1 Å². The molecular formula is C10H7Cr. The minimum absolute atomic E-state index is 1.23. The Balaban J connectivity index is 2.75. The van der Waals surface area contributed by atoms with E-state index in [0.29, 0.717) is 0 Å². The normalized spacial score (nSPS) is 10.2. The topological polar surface area (TPSA) is 0 Å². The van der Waals surface area contributed by atoms with Crippen LogP contribution < -0.4 is 4.43 Å². The average molecular weight is 179 g/mol. The summed E-state index contributed by atoms with van der Waals surface area (Å²) in [6.07, 6.45) is 0.